The molecule has 1 atom stereocenters. The minimum atomic E-state index is 0.165. The third-order valence-electron chi connectivity index (χ3n) is 3.12. The van der Waals surface area contributed by atoms with Crippen molar-refractivity contribution in [3.63, 3.8) is 0 Å². The number of benzene rings is 2. The Kier molecular flexibility index (Phi) is 5.76. The molecule has 0 saturated carbocycles. The molecule has 0 aliphatic rings. The number of hydrogen-bond donors (Lipinski definition) is 1. The predicted molar refractivity (Wildman–Crippen MR) is 91.1 cm³/mol. The van der Waals surface area contributed by atoms with Crippen LogP contribution in [0, 0.1) is 0 Å². The van der Waals surface area contributed by atoms with Crippen molar-refractivity contribution in [1.29, 1.82) is 0 Å². The molecule has 1 unspecified atom stereocenters. The van der Waals surface area contributed by atoms with Crippen LogP contribution in [0.5, 0.6) is 0 Å². The highest BCUT2D eigenvalue weighted by molar-refractivity contribution is 9.10. The molecule has 20 heavy (non-hydrogen) atoms. The molecule has 0 saturated heterocycles. The minimum Gasteiger partial charge on any atom is -0.313 e. The van der Waals surface area contributed by atoms with E-state index < -0.39 is 0 Å². The van der Waals surface area contributed by atoms with Gasteiger partial charge >= 0.3 is 0 Å². The van der Waals surface area contributed by atoms with E-state index in [9.17, 15) is 0 Å². The second-order valence-electron chi connectivity index (χ2n) is 4.47. The molecule has 0 aliphatic heterocycles. The van der Waals surface area contributed by atoms with Gasteiger partial charge in [-0.05, 0) is 64.8 Å². The summed E-state index contributed by atoms with van der Waals surface area (Å²) in [5.74, 6) is 0. The van der Waals surface area contributed by atoms with Crippen molar-refractivity contribution < 1.29 is 0 Å². The maximum Gasteiger partial charge on any atom is 0.0595 e. The quantitative estimate of drug-likeness (QED) is 0.681. The van der Waals surface area contributed by atoms with E-state index in [0.717, 1.165) is 22.0 Å². The molecule has 106 valence electrons. The van der Waals surface area contributed by atoms with Crippen LogP contribution in [-0.2, 0) is 6.42 Å². The molecule has 0 fully saturated rings. The van der Waals surface area contributed by atoms with Crippen LogP contribution in [0.3, 0.4) is 0 Å². The minimum absolute atomic E-state index is 0.165. The third kappa shape index (κ3) is 3.90. The fourth-order valence-electron chi connectivity index (χ4n) is 2.02. The molecule has 5 heteroatoms. The van der Waals surface area contributed by atoms with E-state index in [-0.39, 0.29) is 6.04 Å². The first-order valence-corrected chi connectivity index (χ1v) is 8.00. The van der Waals surface area contributed by atoms with Crippen LogP contribution in [0.1, 0.15) is 17.2 Å². The van der Waals surface area contributed by atoms with Crippen LogP contribution >= 0.6 is 50.7 Å². The summed E-state index contributed by atoms with van der Waals surface area (Å²) < 4.78 is 0.896. The molecule has 0 spiro atoms. The Labute approximate surface area is 142 Å². The molecule has 0 radical (unpaired) electrons. The van der Waals surface area contributed by atoms with Gasteiger partial charge in [0.1, 0.15) is 0 Å². The lowest BCUT2D eigenvalue weighted by molar-refractivity contribution is 0.592. The average Bonchev–Trinajstić information content (AvgIpc) is 2.43. The zero-order valence-electron chi connectivity index (χ0n) is 10.8. The van der Waals surface area contributed by atoms with Crippen molar-refractivity contribution in [3.8, 4) is 0 Å². The van der Waals surface area contributed by atoms with Crippen molar-refractivity contribution in [1.82, 2.24) is 5.32 Å². The summed E-state index contributed by atoms with van der Waals surface area (Å²) in [6.45, 7) is 0. The monoisotopic (exact) mass is 391 g/mol. The maximum atomic E-state index is 6.15. The summed E-state index contributed by atoms with van der Waals surface area (Å²) in [6.07, 6.45) is 0.811. The average molecular weight is 394 g/mol. The Morgan fingerprint density at radius 3 is 2.35 bits per heavy atom. The van der Waals surface area contributed by atoms with E-state index in [1.165, 1.54) is 0 Å². The summed E-state index contributed by atoms with van der Waals surface area (Å²) in [6, 6.07) is 11.8. The van der Waals surface area contributed by atoms with Crippen molar-refractivity contribution in [3.05, 3.63) is 67.1 Å². The SMILES string of the molecule is CNC(Cc1ccc(Cl)c(Cl)c1)c1ccc(Br)c(Cl)c1. The molecule has 0 aliphatic carbocycles. The molecule has 0 aromatic heterocycles. The number of likely N-dealkylation sites (N-methyl/N-ethyl adjacent to an activating group) is 1. The van der Waals surface area contributed by atoms with Crippen LogP contribution in [-0.4, -0.2) is 7.05 Å². The second kappa shape index (κ2) is 7.15. The summed E-state index contributed by atoms with van der Waals surface area (Å²) in [5, 5.41) is 5.15. The van der Waals surface area contributed by atoms with Crippen LogP contribution in [0.2, 0.25) is 15.1 Å². The molecule has 2 aromatic carbocycles. The Morgan fingerprint density at radius 2 is 1.75 bits per heavy atom. The highest BCUT2D eigenvalue weighted by Crippen LogP contribution is 2.29. The van der Waals surface area contributed by atoms with E-state index in [1.807, 2.05) is 37.4 Å². The lowest BCUT2D eigenvalue weighted by atomic mass is 9.99. The fourth-order valence-corrected chi connectivity index (χ4v) is 2.77. The van der Waals surface area contributed by atoms with Crippen LogP contribution in [0.4, 0.5) is 0 Å². The van der Waals surface area contributed by atoms with Crippen molar-refractivity contribution in [2.75, 3.05) is 7.05 Å². The van der Waals surface area contributed by atoms with E-state index in [4.69, 9.17) is 34.8 Å². The standard InChI is InChI=1S/C15H13BrCl3N/c1-20-15(10-3-4-11(16)13(18)8-10)7-9-2-5-12(17)14(19)6-9/h2-6,8,15,20H,7H2,1H3. The molecular weight excluding hydrogens is 380 g/mol. The fraction of sp³-hybridized carbons (Fsp3) is 0.200. The molecular formula is C15H13BrCl3N. The Bertz CT molecular complexity index is 616. The highest BCUT2D eigenvalue weighted by Gasteiger charge is 2.12. The van der Waals surface area contributed by atoms with Crippen molar-refractivity contribution in [2.24, 2.45) is 0 Å². The first-order chi connectivity index (χ1) is 9.51. The molecule has 2 rings (SSSR count). The van der Waals surface area contributed by atoms with Crippen LogP contribution in [0.25, 0.3) is 0 Å². The molecule has 0 amide bonds. The van der Waals surface area contributed by atoms with Gasteiger partial charge in [0, 0.05) is 10.5 Å². The zero-order valence-corrected chi connectivity index (χ0v) is 14.6. The van der Waals surface area contributed by atoms with Crippen molar-refractivity contribution in [2.45, 2.75) is 12.5 Å². The van der Waals surface area contributed by atoms with Gasteiger partial charge in [-0.3, -0.25) is 0 Å². The molecule has 0 bridgehead atoms. The first kappa shape index (κ1) is 16.1. The molecule has 2 aromatic rings. The van der Waals surface area contributed by atoms with Gasteiger partial charge in [0.25, 0.3) is 0 Å². The highest BCUT2D eigenvalue weighted by atomic mass is 79.9. The van der Waals surface area contributed by atoms with Gasteiger partial charge in [-0.15, -0.1) is 0 Å². The molecule has 0 heterocycles. The molecule has 1 nitrogen and oxygen atoms in total. The van der Waals surface area contributed by atoms with Gasteiger partial charge in [0.15, 0.2) is 0 Å². The van der Waals surface area contributed by atoms with Crippen molar-refractivity contribution >= 4 is 50.7 Å². The van der Waals surface area contributed by atoms with Gasteiger partial charge in [0.05, 0.1) is 15.1 Å². The summed E-state index contributed by atoms with van der Waals surface area (Å²) in [4.78, 5) is 0. The normalized spacial score (nSPS) is 12.4. The van der Waals surface area contributed by atoms with Crippen LogP contribution in [0.15, 0.2) is 40.9 Å². The zero-order chi connectivity index (χ0) is 14.7. The Balaban J connectivity index is 2.23. The van der Waals surface area contributed by atoms with Crippen LogP contribution < -0.4 is 5.32 Å². The second-order valence-corrected chi connectivity index (χ2v) is 6.54. The molecule has 1 N–H and O–H groups in total. The largest absolute Gasteiger partial charge is 0.313 e. The Morgan fingerprint density at radius 1 is 1.00 bits per heavy atom. The Hall–Kier alpha value is -0.250. The van der Waals surface area contributed by atoms with E-state index in [2.05, 4.69) is 27.3 Å². The maximum absolute atomic E-state index is 6.15. The first-order valence-electron chi connectivity index (χ1n) is 6.07. The topological polar surface area (TPSA) is 12.0 Å². The summed E-state index contributed by atoms with van der Waals surface area (Å²) >= 11 is 21.5. The van der Waals surface area contributed by atoms with Gasteiger partial charge in [-0.2, -0.15) is 0 Å². The van der Waals surface area contributed by atoms with Gasteiger partial charge in [-0.1, -0.05) is 46.9 Å². The van der Waals surface area contributed by atoms with Gasteiger partial charge < -0.3 is 5.32 Å². The lowest BCUT2D eigenvalue weighted by Gasteiger charge is -2.18. The third-order valence-corrected chi connectivity index (χ3v) is 5.09. The van der Waals surface area contributed by atoms with Gasteiger partial charge in [0.2, 0.25) is 0 Å². The number of hydrogen-bond acceptors (Lipinski definition) is 1. The number of rotatable bonds is 4. The smallest absolute Gasteiger partial charge is 0.0595 e. The van der Waals surface area contributed by atoms with E-state index in [1.54, 1.807) is 0 Å². The van der Waals surface area contributed by atoms with E-state index in [0.29, 0.717) is 15.1 Å². The predicted octanol–water partition coefficient (Wildman–Crippen LogP) is 5.91. The lowest BCUT2D eigenvalue weighted by Crippen LogP contribution is -2.18. The number of halogens is 4. The summed E-state index contributed by atoms with van der Waals surface area (Å²) in [7, 11) is 1.93. The van der Waals surface area contributed by atoms with E-state index >= 15 is 0 Å². The van der Waals surface area contributed by atoms with Gasteiger partial charge in [-0.25, -0.2) is 0 Å². The summed E-state index contributed by atoms with van der Waals surface area (Å²) in [5.41, 5.74) is 2.25. The number of nitrogens with one attached hydrogen (secondary N) is 1.